The molecule has 0 radical (unpaired) electrons. The van der Waals surface area contributed by atoms with Gasteiger partial charge in [0, 0.05) is 13.6 Å². The van der Waals surface area contributed by atoms with E-state index in [1.54, 1.807) is 20.4 Å². The highest BCUT2D eigenvalue weighted by atomic mass is 16.5. The van der Waals surface area contributed by atoms with Crippen LogP contribution in [0.25, 0.3) is 0 Å². The number of hydrogen-bond acceptors (Lipinski definition) is 3. The molecule has 0 saturated heterocycles. The zero-order valence-electron chi connectivity index (χ0n) is 14.0. The molecule has 0 amide bonds. The minimum absolute atomic E-state index is 0.469. The number of nitrogens with one attached hydrogen (secondary N) is 2. The summed E-state index contributed by atoms with van der Waals surface area (Å²) >= 11 is 0. The number of methoxy groups -OCH3 is 1. The van der Waals surface area contributed by atoms with Gasteiger partial charge in [0.25, 0.3) is 0 Å². The maximum absolute atomic E-state index is 5.29. The second-order valence-corrected chi connectivity index (χ2v) is 5.39. The van der Waals surface area contributed by atoms with Crippen molar-refractivity contribution < 1.29 is 9.15 Å². The lowest BCUT2D eigenvalue weighted by Gasteiger charge is -2.15. The largest absolute Gasteiger partial charge is 0.497 e. The van der Waals surface area contributed by atoms with Gasteiger partial charge >= 0.3 is 0 Å². The van der Waals surface area contributed by atoms with Gasteiger partial charge in [-0.05, 0) is 42.2 Å². The highest BCUT2D eigenvalue weighted by Gasteiger charge is 2.06. The first-order valence-corrected chi connectivity index (χ1v) is 7.83. The van der Waals surface area contributed by atoms with Crippen LogP contribution in [0, 0.1) is 0 Å². The second kappa shape index (κ2) is 8.88. The van der Waals surface area contributed by atoms with Crippen LogP contribution in [0.15, 0.2) is 52.1 Å². The van der Waals surface area contributed by atoms with E-state index in [1.165, 1.54) is 5.56 Å². The summed E-state index contributed by atoms with van der Waals surface area (Å²) in [7, 11) is 3.45. The van der Waals surface area contributed by atoms with Gasteiger partial charge in [0.15, 0.2) is 5.96 Å². The van der Waals surface area contributed by atoms with Crippen LogP contribution in [-0.4, -0.2) is 26.7 Å². The van der Waals surface area contributed by atoms with Crippen LogP contribution in [0.2, 0.25) is 0 Å². The molecule has 1 heterocycles. The molecule has 2 aromatic rings. The van der Waals surface area contributed by atoms with Crippen molar-refractivity contribution in [3.05, 3.63) is 54.0 Å². The van der Waals surface area contributed by atoms with E-state index in [9.17, 15) is 0 Å². The van der Waals surface area contributed by atoms with Gasteiger partial charge in [-0.25, -0.2) is 0 Å². The lowest BCUT2D eigenvalue weighted by Crippen LogP contribution is -2.37. The number of furan rings is 1. The molecule has 124 valence electrons. The van der Waals surface area contributed by atoms with E-state index in [0.29, 0.717) is 12.5 Å². The maximum atomic E-state index is 5.29. The standard InChI is InChI=1S/C18H25N3O2/c1-14(15-6-8-16(22-3)9-7-15)10-11-20-18(19-2)21-13-17-5-4-12-23-17/h4-9,12,14H,10-11,13H2,1-3H3,(H2,19,20,21). The van der Waals surface area contributed by atoms with Gasteiger partial charge in [-0.15, -0.1) is 0 Å². The third-order valence-electron chi connectivity index (χ3n) is 3.79. The molecule has 5 heteroatoms. The minimum Gasteiger partial charge on any atom is -0.497 e. The lowest BCUT2D eigenvalue weighted by molar-refractivity contribution is 0.414. The third kappa shape index (κ3) is 5.36. The van der Waals surface area contributed by atoms with Crippen molar-refractivity contribution in [1.82, 2.24) is 10.6 Å². The van der Waals surface area contributed by atoms with Gasteiger partial charge in [-0.3, -0.25) is 4.99 Å². The molecule has 0 aliphatic heterocycles. The van der Waals surface area contributed by atoms with Crippen LogP contribution < -0.4 is 15.4 Å². The molecule has 23 heavy (non-hydrogen) atoms. The Bertz CT molecular complexity index is 591. The Hall–Kier alpha value is -2.43. The molecular formula is C18H25N3O2. The molecule has 0 aliphatic carbocycles. The summed E-state index contributed by atoms with van der Waals surface area (Å²) in [5.74, 6) is 3.03. The number of nitrogens with zero attached hydrogens (tertiary/aromatic N) is 1. The van der Waals surface area contributed by atoms with Crippen molar-refractivity contribution >= 4 is 5.96 Å². The predicted octanol–water partition coefficient (Wildman–Crippen LogP) is 3.15. The molecule has 0 fully saturated rings. The first-order chi connectivity index (χ1) is 11.2. The Kier molecular flexibility index (Phi) is 6.54. The van der Waals surface area contributed by atoms with Gasteiger partial charge in [-0.1, -0.05) is 19.1 Å². The van der Waals surface area contributed by atoms with E-state index >= 15 is 0 Å². The van der Waals surface area contributed by atoms with Crippen LogP contribution in [0.5, 0.6) is 5.75 Å². The smallest absolute Gasteiger partial charge is 0.191 e. The highest BCUT2D eigenvalue weighted by Crippen LogP contribution is 2.21. The van der Waals surface area contributed by atoms with E-state index < -0.39 is 0 Å². The van der Waals surface area contributed by atoms with Crippen molar-refractivity contribution in [2.45, 2.75) is 25.8 Å². The Morgan fingerprint density at radius 1 is 1.22 bits per heavy atom. The molecule has 0 saturated carbocycles. The van der Waals surface area contributed by atoms with Crippen molar-refractivity contribution in [2.75, 3.05) is 20.7 Å². The monoisotopic (exact) mass is 315 g/mol. The summed E-state index contributed by atoms with van der Waals surface area (Å²) < 4.78 is 10.5. The Morgan fingerprint density at radius 3 is 2.61 bits per heavy atom. The summed E-state index contributed by atoms with van der Waals surface area (Å²) in [4.78, 5) is 4.22. The van der Waals surface area contributed by atoms with Gasteiger partial charge in [0.2, 0.25) is 0 Å². The molecule has 1 aromatic carbocycles. The molecule has 2 rings (SSSR count). The van der Waals surface area contributed by atoms with E-state index in [4.69, 9.17) is 9.15 Å². The van der Waals surface area contributed by atoms with E-state index in [-0.39, 0.29) is 0 Å². The van der Waals surface area contributed by atoms with Crippen molar-refractivity contribution in [1.29, 1.82) is 0 Å². The molecule has 0 aliphatic rings. The van der Waals surface area contributed by atoms with E-state index in [2.05, 4.69) is 34.7 Å². The first-order valence-electron chi connectivity index (χ1n) is 7.83. The normalized spacial score (nSPS) is 12.7. The average molecular weight is 315 g/mol. The fraction of sp³-hybridized carbons (Fsp3) is 0.389. The van der Waals surface area contributed by atoms with Crippen LogP contribution in [0.3, 0.4) is 0 Å². The third-order valence-corrected chi connectivity index (χ3v) is 3.79. The Balaban J connectivity index is 1.73. The fourth-order valence-corrected chi connectivity index (χ4v) is 2.31. The molecule has 2 N–H and O–H groups in total. The molecule has 1 atom stereocenters. The highest BCUT2D eigenvalue weighted by molar-refractivity contribution is 5.79. The summed E-state index contributed by atoms with van der Waals surface area (Å²) in [6.07, 6.45) is 2.69. The lowest BCUT2D eigenvalue weighted by atomic mass is 9.98. The SMILES string of the molecule is CN=C(NCCC(C)c1ccc(OC)cc1)NCc1ccco1. The molecule has 1 aromatic heterocycles. The van der Waals surface area contributed by atoms with E-state index in [0.717, 1.165) is 30.4 Å². The number of rotatable bonds is 7. The fourth-order valence-electron chi connectivity index (χ4n) is 2.31. The van der Waals surface area contributed by atoms with Crippen molar-refractivity contribution in [2.24, 2.45) is 4.99 Å². The predicted molar refractivity (Wildman–Crippen MR) is 92.9 cm³/mol. The van der Waals surface area contributed by atoms with Gasteiger partial charge in [0.1, 0.15) is 11.5 Å². The summed E-state index contributed by atoms with van der Waals surface area (Å²) in [5.41, 5.74) is 1.31. The Morgan fingerprint density at radius 2 is 2.00 bits per heavy atom. The summed E-state index contributed by atoms with van der Waals surface area (Å²) in [6.45, 7) is 3.70. The van der Waals surface area contributed by atoms with Crippen molar-refractivity contribution in [3.63, 3.8) is 0 Å². The molecule has 1 unspecified atom stereocenters. The van der Waals surface area contributed by atoms with Crippen LogP contribution in [0.4, 0.5) is 0 Å². The van der Waals surface area contributed by atoms with E-state index in [1.807, 2.05) is 24.3 Å². The number of ether oxygens (including phenoxy) is 1. The topological polar surface area (TPSA) is 58.8 Å². The van der Waals surface area contributed by atoms with Gasteiger partial charge < -0.3 is 19.8 Å². The molecule has 0 bridgehead atoms. The average Bonchev–Trinajstić information content (AvgIpc) is 3.11. The maximum Gasteiger partial charge on any atom is 0.191 e. The molecule has 5 nitrogen and oxygen atoms in total. The number of hydrogen-bond donors (Lipinski definition) is 2. The van der Waals surface area contributed by atoms with Gasteiger partial charge in [-0.2, -0.15) is 0 Å². The quantitative estimate of drug-likeness (QED) is 0.609. The number of benzene rings is 1. The Labute approximate surface area is 137 Å². The first kappa shape index (κ1) is 16.9. The summed E-state index contributed by atoms with van der Waals surface area (Å²) in [6, 6.07) is 12.1. The zero-order valence-corrected chi connectivity index (χ0v) is 14.0. The van der Waals surface area contributed by atoms with Crippen LogP contribution >= 0.6 is 0 Å². The second-order valence-electron chi connectivity index (χ2n) is 5.39. The number of guanidine groups is 1. The molecular weight excluding hydrogens is 290 g/mol. The minimum atomic E-state index is 0.469. The van der Waals surface area contributed by atoms with Crippen LogP contribution in [0.1, 0.15) is 30.6 Å². The summed E-state index contributed by atoms with van der Waals surface area (Å²) in [5, 5.41) is 6.56. The molecule has 0 spiro atoms. The number of aliphatic imine (C=N–C) groups is 1. The van der Waals surface area contributed by atoms with Crippen LogP contribution in [-0.2, 0) is 6.54 Å². The van der Waals surface area contributed by atoms with Gasteiger partial charge in [0.05, 0.1) is 19.9 Å². The zero-order chi connectivity index (χ0) is 16.5. The van der Waals surface area contributed by atoms with Crippen molar-refractivity contribution in [3.8, 4) is 5.75 Å².